The van der Waals surface area contributed by atoms with Gasteiger partial charge in [0.1, 0.15) is 5.82 Å². The van der Waals surface area contributed by atoms with Crippen molar-refractivity contribution < 1.29 is 9.18 Å². The molecule has 0 unspecified atom stereocenters. The first-order valence-corrected chi connectivity index (χ1v) is 9.72. The molecule has 2 N–H and O–H groups in total. The van der Waals surface area contributed by atoms with Gasteiger partial charge in [-0.1, -0.05) is 0 Å². The quantitative estimate of drug-likeness (QED) is 0.402. The Balaban J connectivity index is 1.53. The van der Waals surface area contributed by atoms with E-state index >= 15 is 0 Å². The molecule has 0 bridgehead atoms. The highest BCUT2D eigenvalue weighted by atomic mass is 19.1. The van der Waals surface area contributed by atoms with Gasteiger partial charge in [0.25, 0.3) is 5.91 Å². The number of benzene rings is 2. The molecule has 5 aromatic rings. The van der Waals surface area contributed by atoms with Gasteiger partial charge in [-0.15, -0.1) is 0 Å². The van der Waals surface area contributed by atoms with Crippen LogP contribution >= 0.6 is 0 Å². The number of hydrogen-bond acceptors (Lipinski definition) is 3. The average Bonchev–Trinajstić information content (AvgIpc) is 3.28. The van der Waals surface area contributed by atoms with E-state index in [9.17, 15) is 9.18 Å². The van der Waals surface area contributed by atoms with Crippen molar-refractivity contribution in [3.05, 3.63) is 103 Å². The number of anilines is 1. The van der Waals surface area contributed by atoms with E-state index < -0.39 is 0 Å². The molecule has 0 spiro atoms. The molecule has 6 heteroatoms. The first kappa shape index (κ1) is 18.7. The molecule has 0 fully saturated rings. The maximum atomic E-state index is 13.4. The van der Waals surface area contributed by atoms with E-state index in [2.05, 4.69) is 20.3 Å². The number of amides is 1. The van der Waals surface area contributed by atoms with Crippen molar-refractivity contribution in [1.29, 1.82) is 0 Å². The third-order valence-electron chi connectivity index (χ3n) is 5.07. The number of nitrogens with one attached hydrogen (secondary N) is 2. The number of fused-ring (bicyclic) bond motifs is 1. The minimum absolute atomic E-state index is 0.261. The highest BCUT2D eigenvalue weighted by Gasteiger charge is 2.15. The normalized spacial score (nSPS) is 10.9. The highest BCUT2D eigenvalue weighted by Crippen LogP contribution is 2.31. The van der Waals surface area contributed by atoms with Crippen molar-refractivity contribution in [2.45, 2.75) is 0 Å². The molecular weight excluding hydrogens is 391 g/mol. The van der Waals surface area contributed by atoms with Crippen molar-refractivity contribution in [3.63, 3.8) is 0 Å². The number of aromatic nitrogens is 3. The lowest BCUT2D eigenvalue weighted by Crippen LogP contribution is -2.12. The second-order valence-electron chi connectivity index (χ2n) is 7.10. The molecule has 5 nitrogen and oxygen atoms in total. The molecular formula is C25H17FN4O. The summed E-state index contributed by atoms with van der Waals surface area (Å²) in [5.41, 5.74) is 5.18. The van der Waals surface area contributed by atoms with Crippen LogP contribution < -0.4 is 5.32 Å². The van der Waals surface area contributed by atoms with Gasteiger partial charge in [0, 0.05) is 52.5 Å². The SMILES string of the molecule is O=C(Nc1ccc2[nH]ccc2c1)c1cnc(-c2ccc(F)cc2)c(-c2ccncc2)c1. The predicted molar refractivity (Wildman–Crippen MR) is 119 cm³/mol. The van der Waals surface area contributed by atoms with Gasteiger partial charge < -0.3 is 10.3 Å². The van der Waals surface area contributed by atoms with Crippen molar-refractivity contribution in [1.82, 2.24) is 15.0 Å². The van der Waals surface area contributed by atoms with Crippen LogP contribution in [0.4, 0.5) is 10.1 Å². The van der Waals surface area contributed by atoms with Gasteiger partial charge in [-0.2, -0.15) is 0 Å². The summed E-state index contributed by atoms with van der Waals surface area (Å²) in [5.74, 6) is -0.576. The summed E-state index contributed by atoms with van der Waals surface area (Å²) in [5, 5.41) is 3.94. The molecule has 150 valence electrons. The van der Waals surface area contributed by atoms with Crippen LogP contribution in [0.25, 0.3) is 33.3 Å². The Morgan fingerprint density at radius 2 is 1.71 bits per heavy atom. The van der Waals surface area contributed by atoms with E-state index in [1.807, 2.05) is 42.6 Å². The summed E-state index contributed by atoms with van der Waals surface area (Å²) < 4.78 is 13.4. The van der Waals surface area contributed by atoms with Gasteiger partial charge in [0.15, 0.2) is 0 Å². The zero-order valence-corrected chi connectivity index (χ0v) is 16.3. The average molecular weight is 408 g/mol. The van der Waals surface area contributed by atoms with Gasteiger partial charge in [-0.3, -0.25) is 14.8 Å². The van der Waals surface area contributed by atoms with Gasteiger partial charge in [-0.25, -0.2) is 4.39 Å². The Kier molecular flexibility index (Phi) is 4.72. The van der Waals surface area contributed by atoms with E-state index in [0.717, 1.165) is 27.6 Å². The molecule has 2 aromatic carbocycles. The maximum Gasteiger partial charge on any atom is 0.257 e. The van der Waals surface area contributed by atoms with Gasteiger partial charge in [0.05, 0.1) is 11.3 Å². The molecule has 0 radical (unpaired) electrons. The first-order valence-electron chi connectivity index (χ1n) is 9.72. The molecule has 0 aliphatic carbocycles. The number of pyridine rings is 2. The number of carbonyl (C=O) groups excluding carboxylic acids is 1. The van der Waals surface area contributed by atoms with Crippen LogP contribution in [0, 0.1) is 5.82 Å². The van der Waals surface area contributed by atoms with E-state index in [1.165, 1.54) is 18.3 Å². The van der Waals surface area contributed by atoms with Crippen molar-refractivity contribution in [2.24, 2.45) is 0 Å². The molecule has 0 aliphatic heterocycles. The highest BCUT2D eigenvalue weighted by molar-refractivity contribution is 6.06. The number of carbonyl (C=O) groups is 1. The Hall–Kier alpha value is -4.32. The predicted octanol–water partition coefficient (Wildman–Crippen LogP) is 5.68. The van der Waals surface area contributed by atoms with Gasteiger partial charge in [-0.05, 0) is 72.3 Å². The summed E-state index contributed by atoms with van der Waals surface area (Å²) in [6.45, 7) is 0. The fourth-order valence-corrected chi connectivity index (χ4v) is 3.51. The van der Waals surface area contributed by atoms with Crippen LogP contribution in [-0.4, -0.2) is 20.9 Å². The molecule has 1 amide bonds. The molecule has 0 saturated heterocycles. The van der Waals surface area contributed by atoms with Crippen molar-refractivity contribution in [3.8, 4) is 22.4 Å². The minimum atomic E-state index is -0.315. The monoisotopic (exact) mass is 408 g/mol. The third kappa shape index (κ3) is 3.79. The fourth-order valence-electron chi connectivity index (χ4n) is 3.51. The molecule has 3 heterocycles. The molecule has 31 heavy (non-hydrogen) atoms. The lowest BCUT2D eigenvalue weighted by Gasteiger charge is -2.12. The van der Waals surface area contributed by atoms with Crippen LogP contribution in [-0.2, 0) is 0 Å². The Morgan fingerprint density at radius 3 is 2.52 bits per heavy atom. The number of aromatic amines is 1. The molecule has 0 aliphatic rings. The second-order valence-corrected chi connectivity index (χ2v) is 7.10. The summed E-state index contributed by atoms with van der Waals surface area (Å²) in [4.78, 5) is 24.7. The standard InChI is InChI=1S/C25H17FN4O/c26-20-3-1-17(2-4-20)24-22(16-7-10-27-11-8-16)14-19(15-29-24)25(31)30-21-5-6-23-18(13-21)9-12-28-23/h1-15,28H,(H,30,31). The topological polar surface area (TPSA) is 70.7 Å². The second kappa shape index (κ2) is 7.84. The largest absolute Gasteiger partial charge is 0.361 e. The minimum Gasteiger partial charge on any atom is -0.361 e. The summed E-state index contributed by atoms with van der Waals surface area (Å²) >= 11 is 0. The first-order chi connectivity index (χ1) is 15.2. The number of rotatable bonds is 4. The third-order valence-corrected chi connectivity index (χ3v) is 5.07. The lowest BCUT2D eigenvalue weighted by molar-refractivity contribution is 0.102. The van der Waals surface area contributed by atoms with Crippen LogP contribution in [0.15, 0.2) is 91.5 Å². The van der Waals surface area contributed by atoms with Crippen LogP contribution in [0.1, 0.15) is 10.4 Å². The van der Waals surface area contributed by atoms with E-state index in [0.29, 0.717) is 16.9 Å². The van der Waals surface area contributed by atoms with Gasteiger partial charge in [0.2, 0.25) is 0 Å². The Morgan fingerprint density at radius 1 is 0.903 bits per heavy atom. The lowest BCUT2D eigenvalue weighted by atomic mass is 9.98. The van der Waals surface area contributed by atoms with E-state index in [1.54, 1.807) is 30.6 Å². The van der Waals surface area contributed by atoms with Crippen LogP contribution in [0.2, 0.25) is 0 Å². The number of hydrogen-bond donors (Lipinski definition) is 2. The van der Waals surface area contributed by atoms with E-state index in [-0.39, 0.29) is 11.7 Å². The molecule has 0 atom stereocenters. The summed E-state index contributed by atoms with van der Waals surface area (Å²) in [6, 6.07) is 19.3. The van der Waals surface area contributed by atoms with Crippen LogP contribution in [0.3, 0.4) is 0 Å². The molecule has 0 saturated carbocycles. The van der Waals surface area contributed by atoms with Crippen molar-refractivity contribution in [2.75, 3.05) is 5.32 Å². The zero-order chi connectivity index (χ0) is 21.2. The zero-order valence-electron chi connectivity index (χ0n) is 16.3. The van der Waals surface area contributed by atoms with Gasteiger partial charge >= 0.3 is 0 Å². The Labute approximate surface area is 177 Å². The summed E-state index contributed by atoms with van der Waals surface area (Å²) in [7, 11) is 0. The number of H-pyrrole nitrogens is 1. The summed E-state index contributed by atoms with van der Waals surface area (Å²) in [6.07, 6.45) is 6.76. The smallest absolute Gasteiger partial charge is 0.257 e. The maximum absolute atomic E-state index is 13.4. The Bertz CT molecular complexity index is 1380. The molecule has 5 rings (SSSR count). The van der Waals surface area contributed by atoms with Crippen molar-refractivity contribution >= 4 is 22.5 Å². The van der Waals surface area contributed by atoms with E-state index in [4.69, 9.17) is 0 Å². The molecule has 3 aromatic heterocycles. The number of nitrogens with zero attached hydrogens (tertiary/aromatic N) is 2. The van der Waals surface area contributed by atoms with Crippen LogP contribution in [0.5, 0.6) is 0 Å². The fraction of sp³-hybridized carbons (Fsp3) is 0. The number of halogens is 1.